The van der Waals surface area contributed by atoms with E-state index in [1.807, 2.05) is 13.1 Å². The molecule has 0 bridgehead atoms. The van der Waals surface area contributed by atoms with E-state index in [2.05, 4.69) is 44.1 Å². The number of fused-ring (bicyclic) bond motifs is 1. The number of aliphatic hydroxyl groups excluding tert-OH is 1. The van der Waals surface area contributed by atoms with Crippen LogP contribution < -0.4 is 0 Å². The second-order valence-electron chi connectivity index (χ2n) is 6.48. The highest BCUT2D eigenvalue weighted by atomic mass is 16.3. The fourth-order valence-corrected chi connectivity index (χ4v) is 3.53. The van der Waals surface area contributed by atoms with Gasteiger partial charge in [0.25, 0.3) is 0 Å². The molecule has 1 saturated heterocycles. The van der Waals surface area contributed by atoms with Crippen LogP contribution in [0.15, 0.2) is 12.3 Å². The Bertz CT molecular complexity index is 656. The minimum absolute atomic E-state index is 0.258. The van der Waals surface area contributed by atoms with Crippen LogP contribution in [0.1, 0.15) is 30.4 Å². The lowest BCUT2D eigenvalue weighted by Gasteiger charge is -2.38. The number of aromatic nitrogens is 3. The molecule has 1 unspecified atom stereocenters. The summed E-state index contributed by atoms with van der Waals surface area (Å²) in [6, 6.07) is 2.41. The zero-order chi connectivity index (χ0) is 16.4. The number of imidazole rings is 1. The molecule has 2 aromatic heterocycles. The van der Waals surface area contributed by atoms with Crippen molar-refractivity contribution >= 4 is 5.78 Å². The highest BCUT2D eigenvalue weighted by Crippen LogP contribution is 2.15. The summed E-state index contributed by atoms with van der Waals surface area (Å²) in [5.41, 5.74) is 3.40. The minimum Gasteiger partial charge on any atom is -0.395 e. The van der Waals surface area contributed by atoms with Crippen LogP contribution in [-0.2, 0) is 6.54 Å². The Morgan fingerprint density at radius 1 is 1.22 bits per heavy atom. The molecule has 1 aliphatic rings. The summed E-state index contributed by atoms with van der Waals surface area (Å²) >= 11 is 0. The molecule has 1 aliphatic heterocycles. The second kappa shape index (κ2) is 6.95. The molecule has 126 valence electrons. The van der Waals surface area contributed by atoms with Crippen molar-refractivity contribution in [3.8, 4) is 0 Å². The van der Waals surface area contributed by atoms with Gasteiger partial charge in [-0.15, -0.1) is 0 Å². The fourth-order valence-electron chi connectivity index (χ4n) is 3.53. The van der Waals surface area contributed by atoms with Gasteiger partial charge in [-0.1, -0.05) is 6.92 Å². The number of nitrogens with zero attached hydrogens (tertiary/aromatic N) is 5. The van der Waals surface area contributed by atoms with Crippen LogP contribution in [0.25, 0.3) is 5.78 Å². The van der Waals surface area contributed by atoms with E-state index >= 15 is 0 Å². The van der Waals surface area contributed by atoms with Crippen molar-refractivity contribution in [1.29, 1.82) is 0 Å². The number of hydrogen-bond acceptors (Lipinski definition) is 5. The van der Waals surface area contributed by atoms with Gasteiger partial charge < -0.3 is 5.11 Å². The van der Waals surface area contributed by atoms with E-state index in [0.717, 1.165) is 50.6 Å². The molecule has 6 heteroatoms. The van der Waals surface area contributed by atoms with Crippen molar-refractivity contribution in [3.63, 3.8) is 0 Å². The number of aliphatic hydroxyl groups is 1. The zero-order valence-electron chi connectivity index (χ0n) is 14.4. The van der Waals surface area contributed by atoms with Crippen LogP contribution in [0.3, 0.4) is 0 Å². The molecule has 1 fully saturated rings. The average molecular weight is 317 g/mol. The van der Waals surface area contributed by atoms with Crippen molar-refractivity contribution in [2.75, 3.05) is 32.8 Å². The first-order chi connectivity index (χ1) is 11.1. The van der Waals surface area contributed by atoms with Crippen LogP contribution in [-0.4, -0.2) is 68.1 Å². The molecule has 2 aromatic rings. The molecule has 0 amide bonds. The molecule has 0 spiro atoms. The Balaban J connectivity index is 1.68. The van der Waals surface area contributed by atoms with Gasteiger partial charge in [0.1, 0.15) is 0 Å². The molecule has 0 saturated carbocycles. The fraction of sp³-hybridized carbons (Fsp3) is 0.647. The van der Waals surface area contributed by atoms with E-state index in [-0.39, 0.29) is 6.61 Å². The summed E-state index contributed by atoms with van der Waals surface area (Å²) in [5, 5.41) is 9.45. The average Bonchev–Trinajstić information content (AvgIpc) is 2.93. The second-order valence-corrected chi connectivity index (χ2v) is 6.48. The standard InChI is InChI=1S/C17H27N5O/c1-4-15(12-23)21-7-5-20(6-8-21)11-16-10-18-17-19-13(2)9-14(3)22(16)17/h9-10,15,23H,4-8,11-12H2,1-3H3. The van der Waals surface area contributed by atoms with Crippen LogP contribution in [0.2, 0.25) is 0 Å². The van der Waals surface area contributed by atoms with Gasteiger partial charge in [0.15, 0.2) is 0 Å². The van der Waals surface area contributed by atoms with Gasteiger partial charge in [0, 0.05) is 50.2 Å². The number of aryl methyl sites for hydroxylation is 2. The number of hydrogen-bond donors (Lipinski definition) is 1. The molecule has 3 rings (SSSR count). The van der Waals surface area contributed by atoms with Crippen molar-refractivity contribution in [1.82, 2.24) is 24.2 Å². The summed E-state index contributed by atoms with van der Waals surface area (Å²) < 4.78 is 2.15. The molecule has 1 atom stereocenters. The van der Waals surface area contributed by atoms with Gasteiger partial charge >= 0.3 is 0 Å². The van der Waals surface area contributed by atoms with Gasteiger partial charge in [-0.2, -0.15) is 0 Å². The predicted molar refractivity (Wildman–Crippen MR) is 90.5 cm³/mol. The summed E-state index contributed by atoms with van der Waals surface area (Å²) in [5.74, 6) is 0.794. The van der Waals surface area contributed by atoms with Crippen LogP contribution in [0, 0.1) is 13.8 Å². The molecule has 0 radical (unpaired) electrons. The maximum Gasteiger partial charge on any atom is 0.234 e. The van der Waals surface area contributed by atoms with Gasteiger partial charge in [-0.3, -0.25) is 14.2 Å². The lowest BCUT2D eigenvalue weighted by atomic mass is 10.1. The van der Waals surface area contributed by atoms with E-state index in [0.29, 0.717) is 6.04 Å². The third-order valence-electron chi connectivity index (χ3n) is 4.85. The third kappa shape index (κ3) is 3.39. The lowest BCUT2D eigenvalue weighted by molar-refractivity contribution is 0.0602. The summed E-state index contributed by atoms with van der Waals surface area (Å²) in [6.07, 6.45) is 2.96. The van der Waals surface area contributed by atoms with E-state index in [1.54, 1.807) is 0 Å². The molecule has 0 aromatic carbocycles. The summed E-state index contributed by atoms with van der Waals surface area (Å²) in [7, 11) is 0. The first-order valence-corrected chi connectivity index (χ1v) is 8.50. The van der Waals surface area contributed by atoms with Crippen molar-refractivity contribution in [3.05, 3.63) is 29.3 Å². The molecular formula is C17H27N5O. The molecule has 23 heavy (non-hydrogen) atoms. The Kier molecular flexibility index (Phi) is 4.94. The molecule has 1 N–H and O–H groups in total. The SMILES string of the molecule is CCC(CO)N1CCN(Cc2cnc3nc(C)cc(C)n23)CC1. The maximum atomic E-state index is 9.45. The Hall–Kier alpha value is -1.50. The van der Waals surface area contributed by atoms with Gasteiger partial charge in [0.05, 0.1) is 18.5 Å². The van der Waals surface area contributed by atoms with E-state index in [1.165, 1.54) is 11.4 Å². The Morgan fingerprint density at radius 3 is 2.61 bits per heavy atom. The molecular weight excluding hydrogens is 290 g/mol. The minimum atomic E-state index is 0.258. The summed E-state index contributed by atoms with van der Waals surface area (Å²) in [4.78, 5) is 13.8. The normalized spacial score (nSPS) is 18.6. The van der Waals surface area contributed by atoms with E-state index < -0.39 is 0 Å². The highest BCUT2D eigenvalue weighted by Gasteiger charge is 2.23. The Labute approximate surface area is 137 Å². The first kappa shape index (κ1) is 16.4. The van der Waals surface area contributed by atoms with Crippen LogP contribution >= 0.6 is 0 Å². The van der Waals surface area contributed by atoms with Gasteiger partial charge in [-0.25, -0.2) is 9.97 Å². The predicted octanol–water partition coefficient (Wildman–Crippen LogP) is 1.23. The van der Waals surface area contributed by atoms with Crippen LogP contribution in [0.4, 0.5) is 0 Å². The molecule has 0 aliphatic carbocycles. The van der Waals surface area contributed by atoms with E-state index in [4.69, 9.17) is 0 Å². The zero-order valence-corrected chi connectivity index (χ0v) is 14.4. The highest BCUT2D eigenvalue weighted by molar-refractivity contribution is 5.35. The number of rotatable bonds is 5. The molecule has 3 heterocycles. The maximum absolute atomic E-state index is 9.45. The molecule has 6 nitrogen and oxygen atoms in total. The van der Waals surface area contributed by atoms with Crippen LogP contribution in [0.5, 0.6) is 0 Å². The van der Waals surface area contributed by atoms with E-state index in [9.17, 15) is 5.11 Å². The first-order valence-electron chi connectivity index (χ1n) is 8.50. The smallest absolute Gasteiger partial charge is 0.234 e. The van der Waals surface area contributed by atoms with Crippen molar-refractivity contribution in [2.45, 2.75) is 39.8 Å². The number of piperazine rings is 1. The monoisotopic (exact) mass is 317 g/mol. The third-order valence-corrected chi connectivity index (χ3v) is 4.85. The van der Waals surface area contributed by atoms with Gasteiger partial charge in [0.2, 0.25) is 5.78 Å². The topological polar surface area (TPSA) is 56.9 Å². The summed E-state index contributed by atoms with van der Waals surface area (Å²) in [6.45, 7) is 11.5. The van der Waals surface area contributed by atoms with Crippen molar-refractivity contribution in [2.24, 2.45) is 0 Å². The van der Waals surface area contributed by atoms with Crippen molar-refractivity contribution < 1.29 is 5.11 Å². The van der Waals surface area contributed by atoms with Gasteiger partial charge in [-0.05, 0) is 26.3 Å². The largest absolute Gasteiger partial charge is 0.395 e. The lowest BCUT2D eigenvalue weighted by Crippen LogP contribution is -2.50. The quantitative estimate of drug-likeness (QED) is 0.899. The Morgan fingerprint density at radius 2 is 1.96 bits per heavy atom.